The summed E-state index contributed by atoms with van der Waals surface area (Å²) in [7, 11) is -4.26. The molecular formula is C29H30BrClF3N3O4S. The summed E-state index contributed by atoms with van der Waals surface area (Å²) in [5, 5.41) is 2.21. The van der Waals surface area contributed by atoms with Crippen LogP contribution in [0.15, 0.2) is 77.3 Å². The Labute approximate surface area is 256 Å². The third kappa shape index (κ3) is 9.20. The van der Waals surface area contributed by atoms with Gasteiger partial charge in [0.1, 0.15) is 12.6 Å². The second-order valence-electron chi connectivity index (χ2n) is 9.95. The van der Waals surface area contributed by atoms with Crippen LogP contribution >= 0.6 is 27.5 Å². The maximum absolute atomic E-state index is 14.0. The van der Waals surface area contributed by atoms with Crippen LogP contribution < -0.4 is 9.62 Å². The van der Waals surface area contributed by atoms with Crippen molar-refractivity contribution in [1.29, 1.82) is 0 Å². The van der Waals surface area contributed by atoms with E-state index in [0.29, 0.717) is 15.9 Å². The first-order valence-corrected chi connectivity index (χ1v) is 15.8. The smallest absolute Gasteiger partial charge is 0.352 e. The predicted octanol–water partition coefficient (Wildman–Crippen LogP) is 6.05. The van der Waals surface area contributed by atoms with Crippen LogP contribution in [0.25, 0.3) is 0 Å². The third-order valence-corrected chi connectivity index (χ3v) is 8.13. The highest BCUT2D eigenvalue weighted by atomic mass is 79.9. The van der Waals surface area contributed by atoms with Crippen molar-refractivity contribution in [2.45, 2.75) is 45.1 Å². The molecule has 3 rings (SSSR count). The molecule has 42 heavy (non-hydrogen) atoms. The number of halogens is 5. The first-order valence-electron chi connectivity index (χ1n) is 12.8. The van der Waals surface area contributed by atoms with Crippen molar-refractivity contribution >= 4 is 55.1 Å². The van der Waals surface area contributed by atoms with E-state index in [9.17, 15) is 31.2 Å². The van der Waals surface area contributed by atoms with Crippen LogP contribution in [-0.4, -0.2) is 50.0 Å². The summed E-state index contributed by atoms with van der Waals surface area (Å²) in [6, 6.07) is 17.3. The fourth-order valence-corrected chi connectivity index (χ4v) is 5.78. The Hall–Kier alpha value is -3.09. The molecule has 0 heterocycles. The molecule has 3 aromatic rings. The Bertz CT molecular complexity index is 1520. The van der Waals surface area contributed by atoms with Crippen molar-refractivity contribution in [3.05, 3.63) is 99.0 Å². The molecule has 226 valence electrons. The number of hydrogen-bond donors (Lipinski definition) is 1. The highest BCUT2D eigenvalue weighted by Gasteiger charge is 2.36. The number of amides is 2. The van der Waals surface area contributed by atoms with Gasteiger partial charge < -0.3 is 10.2 Å². The third-order valence-electron chi connectivity index (χ3n) is 6.17. The summed E-state index contributed by atoms with van der Waals surface area (Å²) >= 11 is 9.14. The van der Waals surface area contributed by atoms with Gasteiger partial charge in [-0.3, -0.25) is 13.9 Å². The Morgan fingerprint density at radius 3 is 2.19 bits per heavy atom. The number of carbonyl (C=O) groups is 2. The highest BCUT2D eigenvalue weighted by Crippen LogP contribution is 2.37. The molecule has 0 unspecified atom stereocenters. The van der Waals surface area contributed by atoms with Gasteiger partial charge in [-0.2, -0.15) is 13.2 Å². The summed E-state index contributed by atoms with van der Waals surface area (Å²) in [6.45, 7) is 2.60. The van der Waals surface area contributed by atoms with E-state index in [1.54, 1.807) is 62.4 Å². The largest absolute Gasteiger partial charge is 0.417 e. The predicted molar refractivity (Wildman–Crippen MR) is 161 cm³/mol. The molecule has 0 saturated heterocycles. The normalized spacial score (nSPS) is 12.6. The van der Waals surface area contributed by atoms with Crippen LogP contribution in [0.5, 0.6) is 0 Å². The average Bonchev–Trinajstić information content (AvgIpc) is 2.88. The molecule has 0 aromatic heterocycles. The van der Waals surface area contributed by atoms with Gasteiger partial charge >= 0.3 is 6.18 Å². The zero-order valence-electron chi connectivity index (χ0n) is 23.0. The molecule has 0 radical (unpaired) electrons. The van der Waals surface area contributed by atoms with Crippen LogP contribution in [0.2, 0.25) is 5.02 Å². The van der Waals surface area contributed by atoms with Crippen LogP contribution in [0.1, 0.15) is 30.5 Å². The minimum absolute atomic E-state index is 0.0761. The lowest BCUT2D eigenvalue weighted by molar-refractivity contribution is -0.140. The molecule has 3 aromatic carbocycles. The van der Waals surface area contributed by atoms with Gasteiger partial charge in [0.25, 0.3) is 0 Å². The van der Waals surface area contributed by atoms with Crippen LogP contribution in [0, 0.1) is 0 Å². The molecule has 0 aliphatic carbocycles. The molecule has 13 heteroatoms. The van der Waals surface area contributed by atoms with Gasteiger partial charge in [0.2, 0.25) is 21.8 Å². The van der Waals surface area contributed by atoms with Crippen molar-refractivity contribution in [2.75, 3.05) is 17.1 Å². The van der Waals surface area contributed by atoms with Crippen LogP contribution in [0.3, 0.4) is 0 Å². The standard InChI is InChI=1S/C29H30BrClF3N3O4S/c1-19(2)35-28(39)26(15-20-8-5-4-6-9-20)36(17-21-10-7-11-22(30)14-21)27(38)18-37(42(3,40)41)23-12-13-25(31)24(16-23)29(32,33)34/h4-14,16,19,26H,15,17-18H2,1-3H3,(H,35,39)/t26-/m0/s1. The number of rotatable bonds is 11. The Kier molecular flexibility index (Phi) is 11.1. The van der Waals surface area contributed by atoms with Crippen molar-refractivity contribution in [2.24, 2.45) is 0 Å². The van der Waals surface area contributed by atoms with Gasteiger partial charge in [0, 0.05) is 23.5 Å². The van der Waals surface area contributed by atoms with E-state index in [-0.39, 0.29) is 19.0 Å². The summed E-state index contributed by atoms with van der Waals surface area (Å²) < 4.78 is 67.7. The number of benzene rings is 3. The minimum atomic E-state index is -4.86. The fraction of sp³-hybridized carbons (Fsp3) is 0.310. The van der Waals surface area contributed by atoms with E-state index >= 15 is 0 Å². The van der Waals surface area contributed by atoms with E-state index < -0.39 is 56.9 Å². The SMILES string of the molecule is CC(C)NC(=O)[C@H](Cc1ccccc1)N(Cc1cccc(Br)c1)C(=O)CN(c1ccc(Cl)c(C(F)(F)F)c1)S(C)(=O)=O. The van der Waals surface area contributed by atoms with E-state index in [1.165, 1.54) is 4.90 Å². The molecule has 0 fully saturated rings. The molecule has 1 atom stereocenters. The Morgan fingerprint density at radius 2 is 1.62 bits per heavy atom. The zero-order chi connectivity index (χ0) is 31.2. The molecule has 0 saturated carbocycles. The lowest BCUT2D eigenvalue weighted by Crippen LogP contribution is -2.54. The van der Waals surface area contributed by atoms with Crippen molar-refractivity contribution in [3.8, 4) is 0 Å². The molecule has 7 nitrogen and oxygen atoms in total. The van der Waals surface area contributed by atoms with Crippen molar-refractivity contribution in [3.63, 3.8) is 0 Å². The number of carbonyl (C=O) groups excluding carboxylic acids is 2. The Morgan fingerprint density at radius 1 is 0.976 bits per heavy atom. The molecule has 0 bridgehead atoms. The lowest BCUT2D eigenvalue weighted by Gasteiger charge is -2.34. The average molecular weight is 689 g/mol. The maximum atomic E-state index is 14.0. The quantitative estimate of drug-likeness (QED) is 0.266. The van der Waals surface area contributed by atoms with Gasteiger partial charge in [-0.15, -0.1) is 0 Å². The summed E-state index contributed by atoms with van der Waals surface area (Å²) in [4.78, 5) is 28.8. The number of anilines is 1. The Balaban J connectivity index is 2.10. The number of sulfonamides is 1. The monoisotopic (exact) mass is 687 g/mol. The summed E-state index contributed by atoms with van der Waals surface area (Å²) in [5.74, 6) is -1.25. The number of hydrogen-bond acceptors (Lipinski definition) is 4. The summed E-state index contributed by atoms with van der Waals surface area (Å²) in [5.41, 5.74) is -0.242. The van der Waals surface area contributed by atoms with Gasteiger partial charge in [-0.25, -0.2) is 8.42 Å². The van der Waals surface area contributed by atoms with Gasteiger partial charge in [-0.1, -0.05) is 70.0 Å². The molecule has 0 aliphatic rings. The first-order chi connectivity index (χ1) is 19.6. The van der Waals surface area contributed by atoms with Crippen molar-refractivity contribution < 1.29 is 31.2 Å². The van der Waals surface area contributed by atoms with Crippen molar-refractivity contribution in [1.82, 2.24) is 10.2 Å². The summed E-state index contributed by atoms with van der Waals surface area (Å²) in [6.07, 6.45) is -3.96. The van der Waals surface area contributed by atoms with Crippen LogP contribution in [0.4, 0.5) is 18.9 Å². The fourth-order valence-electron chi connectivity index (χ4n) is 4.27. The van der Waals surface area contributed by atoms with E-state index in [1.807, 2.05) is 6.07 Å². The van der Waals surface area contributed by atoms with E-state index in [0.717, 1.165) is 28.4 Å². The van der Waals surface area contributed by atoms with E-state index in [2.05, 4.69) is 21.2 Å². The topological polar surface area (TPSA) is 86.8 Å². The van der Waals surface area contributed by atoms with Gasteiger partial charge in [-0.05, 0) is 55.3 Å². The van der Waals surface area contributed by atoms with Gasteiger partial charge in [0.05, 0.1) is 22.5 Å². The highest BCUT2D eigenvalue weighted by molar-refractivity contribution is 9.10. The molecule has 0 spiro atoms. The second kappa shape index (κ2) is 13.9. The lowest BCUT2D eigenvalue weighted by atomic mass is 10.0. The maximum Gasteiger partial charge on any atom is 0.417 e. The number of nitrogens with zero attached hydrogens (tertiary/aromatic N) is 2. The minimum Gasteiger partial charge on any atom is -0.352 e. The number of nitrogens with one attached hydrogen (secondary N) is 1. The number of alkyl halides is 3. The van der Waals surface area contributed by atoms with E-state index in [4.69, 9.17) is 11.6 Å². The molecular weight excluding hydrogens is 659 g/mol. The molecule has 1 N–H and O–H groups in total. The first kappa shape index (κ1) is 33.4. The zero-order valence-corrected chi connectivity index (χ0v) is 26.2. The van der Waals surface area contributed by atoms with Gasteiger partial charge in [0.15, 0.2) is 0 Å². The second-order valence-corrected chi connectivity index (χ2v) is 13.2. The molecule has 0 aliphatic heterocycles. The molecule has 2 amide bonds. The van der Waals surface area contributed by atoms with Crippen LogP contribution in [-0.2, 0) is 38.8 Å².